The number of fused-ring (bicyclic) bond motifs is 1. The van der Waals surface area contributed by atoms with Crippen LogP contribution in [-0.4, -0.2) is 43.8 Å². The molecule has 0 fully saturated rings. The standard InChI is InChI=1S/C28H22BrFN4O4/c1-15-4-6-16(7-5-15)22-14-21(33-34(22)28(38)20(30)13-23(35)36)25-24(17-8-10-18(29)11-9-17)19-3-2-12-31-26(19)32-27(25)37/h2-12,20,22H,13-14H2,1H3,(H,35,36)(H,31,32,37). The fourth-order valence-electron chi connectivity index (χ4n) is 4.61. The molecule has 0 spiro atoms. The molecule has 8 nitrogen and oxygen atoms in total. The summed E-state index contributed by atoms with van der Waals surface area (Å²) in [5, 5.41) is 15.1. The maximum absolute atomic E-state index is 14.7. The SMILES string of the molecule is Cc1ccc(C2CC(c3c(-c4ccc(Br)cc4)c4cccnc4[nH]c3=O)=NN2C(=O)C(F)CC(=O)O)cc1. The van der Waals surface area contributed by atoms with Gasteiger partial charge in [0.25, 0.3) is 11.5 Å². The monoisotopic (exact) mass is 576 g/mol. The third kappa shape index (κ3) is 4.87. The van der Waals surface area contributed by atoms with E-state index in [1.165, 1.54) is 0 Å². The van der Waals surface area contributed by atoms with Gasteiger partial charge in [0.1, 0.15) is 5.65 Å². The third-order valence-corrected chi connectivity index (χ3v) is 6.96. The van der Waals surface area contributed by atoms with Crippen molar-refractivity contribution in [1.29, 1.82) is 0 Å². The highest BCUT2D eigenvalue weighted by molar-refractivity contribution is 9.10. The van der Waals surface area contributed by atoms with Crippen LogP contribution in [0.1, 0.15) is 35.6 Å². The number of carboxylic acid groups (broad SMARTS) is 1. The average Bonchev–Trinajstić information content (AvgIpc) is 3.33. The first kappa shape index (κ1) is 25.5. The van der Waals surface area contributed by atoms with Gasteiger partial charge >= 0.3 is 5.97 Å². The van der Waals surface area contributed by atoms with E-state index in [9.17, 15) is 18.8 Å². The summed E-state index contributed by atoms with van der Waals surface area (Å²) in [7, 11) is 0. The molecule has 0 radical (unpaired) electrons. The molecule has 1 aliphatic heterocycles. The number of carboxylic acids is 1. The lowest BCUT2D eigenvalue weighted by Gasteiger charge is -2.23. The molecule has 2 unspecified atom stereocenters. The number of H-pyrrole nitrogens is 1. The Balaban J connectivity index is 1.70. The fourth-order valence-corrected chi connectivity index (χ4v) is 4.88. The maximum atomic E-state index is 14.7. The molecule has 0 saturated heterocycles. The van der Waals surface area contributed by atoms with Crippen molar-refractivity contribution in [3.05, 3.63) is 98.4 Å². The van der Waals surface area contributed by atoms with E-state index in [1.807, 2.05) is 61.5 Å². The number of nitrogens with one attached hydrogen (secondary N) is 1. The van der Waals surface area contributed by atoms with Crippen LogP contribution < -0.4 is 5.56 Å². The summed E-state index contributed by atoms with van der Waals surface area (Å²) in [4.78, 5) is 44.8. The lowest BCUT2D eigenvalue weighted by molar-refractivity contribution is -0.146. The predicted molar refractivity (Wildman–Crippen MR) is 145 cm³/mol. The molecule has 5 rings (SSSR count). The van der Waals surface area contributed by atoms with Crippen molar-refractivity contribution in [2.45, 2.75) is 32.0 Å². The largest absolute Gasteiger partial charge is 0.481 e. The smallest absolute Gasteiger partial charge is 0.306 e. The second kappa shape index (κ2) is 10.3. The summed E-state index contributed by atoms with van der Waals surface area (Å²) in [5.41, 5.74) is 3.48. The molecule has 0 saturated carbocycles. The second-order valence-corrected chi connectivity index (χ2v) is 9.95. The van der Waals surface area contributed by atoms with Gasteiger partial charge in [0, 0.05) is 28.0 Å². The molecule has 0 bridgehead atoms. The first-order chi connectivity index (χ1) is 18.2. The van der Waals surface area contributed by atoms with Crippen LogP contribution in [0.25, 0.3) is 22.2 Å². The first-order valence-corrected chi connectivity index (χ1v) is 12.6. The number of aliphatic carboxylic acids is 1. The van der Waals surface area contributed by atoms with E-state index in [2.05, 4.69) is 31.0 Å². The van der Waals surface area contributed by atoms with Crippen molar-refractivity contribution in [3.8, 4) is 11.1 Å². The highest BCUT2D eigenvalue weighted by atomic mass is 79.9. The lowest BCUT2D eigenvalue weighted by atomic mass is 9.91. The molecule has 1 aliphatic rings. The highest BCUT2D eigenvalue weighted by Gasteiger charge is 2.38. The molecule has 4 aromatic rings. The molecule has 2 N–H and O–H groups in total. The van der Waals surface area contributed by atoms with Gasteiger partial charge < -0.3 is 10.1 Å². The van der Waals surface area contributed by atoms with Crippen molar-refractivity contribution in [1.82, 2.24) is 15.0 Å². The number of benzene rings is 2. The number of aromatic amines is 1. The zero-order valence-corrected chi connectivity index (χ0v) is 21.8. The Morgan fingerprint density at radius 3 is 2.53 bits per heavy atom. The number of amides is 1. The van der Waals surface area contributed by atoms with Gasteiger partial charge in [-0.05, 0) is 42.3 Å². The van der Waals surface area contributed by atoms with E-state index >= 15 is 0 Å². The Labute approximate surface area is 225 Å². The Morgan fingerprint density at radius 1 is 1.13 bits per heavy atom. The van der Waals surface area contributed by atoms with Gasteiger partial charge in [-0.2, -0.15) is 5.10 Å². The van der Waals surface area contributed by atoms with Crippen molar-refractivity contribution in [2.75, 3.05) is 0 Å². The minimum absolute atomic E-state index is 0.132. The summed E-state index contributed by atoms with van der Waals surface area (Å²) in [6.45, 7) is 1.92. The zero-order chi connectivity index (χ0) is 27.0. The van der Waals surface area contributed by atoms with E-state index in [-0.39, 0.29) is 17.7 Å². The third-order valence-electron chi connectivity index (χ3n) is 6.43. The number of halogens is 2. The van der Waals surface area contributed by atoms with Crippen molar-refractivity contribution in [2.24, 2.45) is 5.10 Å². The van der Waals surface area contributed by atoms with E-state index in [0.29, 0.717) is 22.2 Å². The summed E-state index contributed by atoms with van der Waals surface area (Å²) >= 11 is 3.43. The molecule has 192 valence electrons. The molecule has 10 heteroatoms. The van der Waals surface area contributed by atoms with Crippen LogP contribution in [-0.2, 0) is 9.59 Å². The summed E-state index contributed by atoms with van der Waals surface area (Å²) in [6, 6.07) is 17.6. The number of carbonyl (C=O) groups is 2. The van der Waals surface area contributed by atoms with Crippen LogP contribution in [0.4, 0.5) is 4.39 Å². The number of alkyl halides is 1. The molecule has 3 heterocycles. The number of aryl methyl sites for hydroxylation is 1. The van der Waals surface area contributed by atoms with Crippen molar-refractivity contribution < 1.29 is 19.1 Å². The lowest BCUT2D eigenvalue weighted by Crippen LogP contribution is -2.35. The van der Waals surface area contributed by atoms with Gasteiger partial charge in [-0.15, -0.1) is 0 Å². The number of pyridine rings is 2. The molecular weight excluding hydrogens is 555 g/mol. The minimum atomic E-state index is -2.28. The maximum Gasteiger partial charge on any atom is 0.306 e. The van der Waals surface area contributed by atoms with Crippen LogP contribution in [0.2, 0.25) is 0 Å². The average molecular weight is 577 g/mol. The van der Waals surface area contributed by atoms with E-state index in [1.54, 1.807) is 12.3 Å². The molecule has 2 atom stereocenters. The first-order valence-electron chi connectivity index (χ1n) is 11.8. The number of nitrogens with zero attached hydrogens (tertiary/aromatic N) is 3. The molecule has 2 aromatic carbocycles. The van der Waals surface area contributed by atoms with E-state index in [0.717, 1.165) is 20.6 Å². The Bertz CT molecular complexity index is 1630. The second-order valence-electron chi connectivity index (χ2n) is 9.04. The van der Waals surface area contributed by atoms with Gasteiger partial charge in [-0.1, -0.05) is 57.9 Å². The van der Waals surface area contributed by atoms with Crippen LogP contribution in [0.3, 0.4) is 0 Å². The number of carbonyl (C=O) groups excluding carboxylic acids is 1. The predicted octanol–water partition coefficient (Wildman–Crippen LogP) is 5.15. The van der Waals surface area contributed by atoms with Crippen molar-refractivity contribution >= 4 is 44.6 Å². The number of hydrazone groups is 1. The topological polar surface area (TPSA) is 116 Å². The molecule has 38 heavy (non-hydrogen) atoms. The fraction of sp³-hybridized carbons (Fsp3) is 0.179. The van der Waals surface area contributed by atoms with Crippen molar-refractivity contribution in [3.63, 3.8) is 0 Å². The van der Waals surface area contributed by atoms with Crippen LogP contribution >= 0.6 is 15.9 Å². The molecule has 1 amide bonds. The normalized spacial score (nSPS) is 15.9. The zero-order valence-electron chi connectivity index (χ0n) is 20.2. The van der Waals surface area contributed by atoms with E-state index < -0.39 is 36.1 Å². The van der Waals surface area contributed by atoms with E-state index in [4.69, 9.17) is 5.11 Å². The van der Waals surface area contributed by atoms with Crippen LogP contribution in [0.5, 0.6) is 0 Å². The quantitative estimate of drug-likeness (QED) is 0.329. The number of hydrogen-bond acceptors (Lipinski definition) is 5. The molecule has 0 aliphatic carbocycles. The van der Waals surface area contributed by atoms with Crippen LogP contribution in [0, 0.1) is 6.92 Å². The summed E-state index contributed by atoms with van der Waals surface area (Å²) in [5.74, 6) is -2.51. The Hall–Kier alpha value is -4.18. The number of hydrogen-bond donors (Lipinski definition) is 2. The van der Waals surface area contributed by atoms with Gasteiger partial charge in [-0.25, -0.2) is 14.4 Å². The Morgan fingerprint density at radius 2 is 1.84 bits per heavy atom. The van der Waals surface area contributed by atoms with Gasteiger partial charge in [0.15, 0.2) is 6.17 Å². The van der Waals surface area contributed by atoms with Gasteiger partial charge in [0.2, 0.25) is 0 Å². The number of rotatable bonds is 6. The molecular formula is C28H22BrFN4O4. The van der Waals surface area contributed by atoms with Gasteiger partial charge in [0.05, 0.1) is 23.7 Å². The summed E-state index contributed by atoms with van der Waals surface area (Å²) in [6.07, 6.45) is -1.55. The Kier molecular flexibility index (Phi) is 6.90. The van der Waals surface area contributed by atoms with Gasteiger partial charge in [-0.3, -0.25) is 14.4 Å². The highest BCUT2D eigenvalue weighted by Crippen LogP contribution is 2.37. The molecule has 2 aromatic heterocycles. The number of aromatic nitrogens is 2. The van der Waals surface area contributed by atoms with Crippen LogP contribution in [0.15, 0.2) is 81.2 Å². The summed E-state index contributed by atoms with van der Waals surface area (Å²) < 4.78 is 15.6. The minimum Gasteiger partial charge on any atom is -0.481 e.